The average Bonchev–Trinajstić information content (AvgIpc) is 2.47. The van der Waals surface area contributed by atoms with Crippen LogP contribution in [0.4, 0.5) is 0 Å². The summed E-state index contributed by atoms with van der Waals surface area (Å²) in [7, 11) is -3.63. The second-order valence-electron chi connectivity index (χ2n) is 2.60. The van der Waals surface area contributed by atoms with Crippen LogP contribution in [0.1, 0.15) is 0 Å². The molecule has 0 radical (unpaired) electrons. The minimum Gasteiger partial charge on any atom is -0.307 e. The third kappa shape index (κ3) is 1.41. The molecule has 2 aromatic heterocycles. The van der Waals surface area contributed by atoms with E-state index in [1.807, 2.05) is 0 Å². The van der Waals surface area contributed by atoms with Crippen molar-refractivity contribution in [2.24, 2.45) is 5.14 Å². The third-order valence-electron chi connectivity index (χ3n) is 1.70. The van der Waals surface area contributed by atoms with Crippen LogP contribution in [-0.2, 0) is 10.0 Å². The molecule has 6 heteroatoms. The predicted octanol–water partition coefficient (Wildman–Crippen LogP) is -0.0183. The molecule has 68 valence electrons. The maximum absolute atomic E-state index is 10.9. The number of aromatic nitrogens is 2. The van der Waals surface area contributed by atoms with Crippen molar-refractivity contribution in [2.75, 3.05) is 0 Å². The first-order chi connectivity index (χ1) is 6.07. The molecular formula is C7H7N3O2S. The van der Waals surface area contributed by atoms with Crippen molar-refractivity contribution >= 4 is 15.7 Å². The Kier molecular flexibility index (Phi) is 1.61. The Morgan fingerprint density at radius 2 is 2.15 bits per heavy atom. The van der Waals surface area contributed by atoms with Crippen molar-refractivity contribution in [1.82, 2.24) is 9.38 Å². The molecule has 2 aromatic rings. The van der Waals surface area contributed by atoms with Crippen molar-refractivity contribution in [3.8, 4) is 0 Å². The molecule has 0 aliphatic heterocycles. The van der Waals surface area contributed by atoms with Crippen LogP contribution in [0.3, 0.4) is 0 Å². The molecule has 0 atom stereocenters. The summed E-state index contributed by atoms with van der Waals surface area (Å²) in [6.07, 6.45) is 4.91. The Labute approximate surface area is 74.9 Å². The van der Waals surface area contributed by atoms with E-state index in [1.54, 1.807) is 23.0 Å². The summed E-state index contributed by atoms with van der Waals surface area (Å²) in [6, 6.07) is 2.86. The maximum atomic E-state index is 10.9. The molecule has 0 saturated carbocycles. The molecule has 0 saturated heterocycles. The van der Waals surface area contributed by atoms with Crippen LogP contribution < -0.4 is 5.14 Å². The molecule has 2 N–H and O–H groups in total. The van der Waals surface area contributed by atoms with Gasteiger partial charge in [-0.25, -0.2) is 18.5 Å². The van der Waals surface area contributed by atoms with Gasteiger partial charge in [-0.15, -0.1) is 0 Å². The van der Waals surface area contributed by atoms with Crippen LogP contribution in [0.5, 0.6) is 0 Å². The number of nitrogens with two attached hydrogens (primary N) is 1. The van der Waals surface area contributed by atoms with Gasteiger partial charge in [0.05, 0.1) is 4.90 Å². The SMILES string of the molecule is NS(=O)(=O)c1ccn2ccnc2c1. The van der Waals surface area contributed by atoms with E-state index < -0.39 is 10.0 Å². The molecule has 0 spiro atoms. The molecule has 0 aliphatic rings. The zero-order chi connectivity index (χ0) is 9.47. The summed E-state index contributed by atoms with van der Waals surface area (Å²) in [5.74, 6) is 0. The van der Waals surface area contributed by atoms with Crippen molar-refractivity contribution < 1.29 is 8.42 Å². The predicted molar refractivity (Wildman–Crippen MR) is 46.6 cm³/mol. The van der Waals surface area contributed by atoms with E-state index in [2.05, 4.69) is 4.98 Å². The second kappa shape index (κ2) is 2.54. The van der Waals surface area contributed by atoms with Crippen LogP contribution in [0.2, 0.25) is 0 Å². The summed E-state index contributed by atoms with van der Waals surface area (Å²) >= 11 is 0. The van der Waals surface area contributed by atoms with E-state index in [1.165, 1.54) is 12.1 Å². The first-order valence-electron chi connectivity index (χ1n) is 3.53. The highest BCUT2D eigenvalue weighted by Gasteiger charge is 2.07. The first-order valence-corrected chi connectivity index (χ1v) is 5.07. The van der Waals surface area contributed by atoms with Gasteiger partial charge in [0.2, 0.25) is 10.0 Å². The Morgan fingerprint density at radius 3 is 2.85 bits per heavy atom. The van der Waals surface area contributed by atoms with Crippen molar-refractivity contribution in [3.05, 3.63) is 30.7 Å². The molecular weight excluding hydrogens is 190 g/mol. The number of fused-ring (bicyclic) bond motifs is 1. The van der Waals surface area contributed by atoms with Gasteiger partial charge in [-0.05, 0) is 6.07 Å². The first kappa shape index (κ1) is 8.21. The standard InChI is InChI=1S/C7H7N3O2S/c8-13(11,12)6-1-3-10-4-2-9-7(10)5-6/h1-5H,(H2,8,11,12). The van der Waals surface area contributed by atoms with Crippen LogP contribution >= 0.6 is 0 Å². The Balaban J connectivity index is 2.75. The van der Waals surface area contributed by atoms with Gasteiger partial charge < -0.3 is 4.40 Å². The summed E-state index contributed by atoms with van der Waals surface area (Å²) in [5.41, 5.74) is 0.562. The van der Waals surface area contributed by atoms with Crippen molar-refractivity contribution in [2.45, 2.75) is 4.90 Å². The number of rotatable bonds is 1. The molecule has 0 amide bonds. The summed E-state index contributed by atoms with van der Waals surface area (Å²) in [4.78, 5) is 4.01. The largest absolute Gasteiger partial charge is 0.307 e. The zero-order valence-corrected chi connectivity index (χ0v) is 7.40. The van der Waals surface area contributed by atoms with Gasteiger partial charge in [0.15, 0.2) is 0 Å². The van der Waals surface area contributed by atoms with E-state index in [0.717, 1.165) is 0 Å². The van der Waals surface area contributed by atoms with Crippen LogP contribution in [-0.4, -0.2) is 17.8 Å². The van der Waals surface area contributed by atoms with Crippen LogP contribution in [0.15, 0.2) is 35.6 Å². The minimum atomic E-state index is -3.63. The lowest BCUT2D eigenvalue weighted by Crippen LogP contribution is -2.12. The molecule has 0 aliphatic carbocycles. The number of hydrogen-bond donors (Lipinski definition) is 1. The van der Waals surface area contributed by atoms with E-state index >= 15 is 0 Å². The highest BCUT2D eigenvalue weighted by atomic mass is 32.2. The third-order valence-corrected chi connectivity index (χ3v) is 2.61. The van der Waals surface area contributed by atoms with E-state index in [4.69, 9.17) is 5.14 Å². The molecule has 0 fully saturated rings. The molecule has 0 aromatic carbocycles. The van der Waals surface area contributed by atoms with E-state index in [0.29, 0.717) is 5.65 Å². The quantitative estimate of drug-likeness (QED) is 0.698. The molecule has 0 bridgehead atoms. The highest BCUT2D eigenvalue weighted by molar-refractivity contribution is 7.89. The van der Waals surface area contributed by atoms with Gasteiger partial charge in [0.25, 0.3) is 0 Å². The van der Waals surface area contributed by atoms with Gasteiger partial charge in [-0.3, -0.25) is 0 Å². The fourth-order valence-electron chi connectivity index (χ4n) is 1.07. The van der Waals surface area contributed by atoms with E-state index in [-0.39, 0.29) is 4.90 Å². The fourth-order valence-corrected chi connectivity index (χ4v) is 1.59. The molecule has 13 heavy (non-hydrogen) atoms. The normalized spacial score (nSPS) is 12.1. The second-order valence-corrected chi connectivity index (χ2v) is 4.16. The monoisotopic (exact) mass is 197 g/mol. The number of pyridine rings is 1. The zero-order valence-electron chi connectivity index (χ0n) is 6.58. The molecule has 2 rings (SSSR count). The molecule has 0 unspecified atom stereocenters. The van der Waals surface area contributed by atoms with E-state index in [9.17, 15) is 8.42 Å². The lowest BCUT2D eigenvalue weighted by Gasteiger charge is -1.97. The fraction of sp³-hybridized carbons (Fsp3) is 0. The Morgan fingerprint density at radius 1 is 1.38 bits per heavy atom. The van der Waals surface area contributed by atoms with Crippen LogP contribution in [0, 0.1) is 0 Å². The lowest BCUT2D eigenvalue weighted by atomic mass is 10.5. The minimum absolute atomic E-state index is 0.0752. The number of primary sulfonamides is 1. The topological polar surface area (TPSA) is 77.5 Å². The number of hydrogen-bond acceptors (Lipinski definition) is 3. The van der Waals surface area contributed by atoms with Gasteiger partial charge in [0, 0.05) is 24.7 Å². The van der Waals surface area contributed by atoms with Crippen molar-refractivity contribution in [3.63, 3.8) is 0 Å². The average molecular weight is 197 g/mol. The molecule has 5 nitrogen and oxygen atoms in total. The van der Waals surface area contributed by atoms with Crippen LogP contribution in [0.25, 0.3) is 5.65 Å². The summed E-state index contributed by atoms with van der Waals surface area (Å²) in [5, 5.41) is 4.95. The Bertz CT molecular complexity index is 544. The molecule has 2 heterocycles. The maximum Gasteiger partial charge on any atom is 0.238 e. The summed E-state index contributed by atoms with van der Waals surface area (Å²) < 4.78 is 23.6. The lowest BCUT2D eigenvalue weighted by molar-refractivity contribution is 0.597. The van der Waals surface area contributed by atoms with Crippen molar-refractivity contribution in [1.29, 1.82) is 0 Å². The van der Waals surface area contributed by atoms with Gasteiger partial charge in [-0.1, -0.05) is 0 Å². The number of imidazole rings is 1. The van der Waals surface area contributed by atoms with Gasteiger partial charge >= 0.3 is 0 Å². The van der Waals surface area contributed by atoms with Gasteiger partial charge in [0.1, 0.15) is 5.65 Å². The summed E-state index contributed by atoms with van der Waals surface area (Å²) in [6.45, 7) is 0. The number of nitrogens with zero attached hydrogens (tertiary/aromatic N) is 2. The smallest absolute Gasteiger partial charge is 0.238 e. The number of sulfonamides is 1. The van der Waals surface area contributed by atoms with Gasteiger partial charge in [-0.2, -0.15) is 0 Å². The Hall–Kier alpha value is -1.40. The highest BCUT2D eigenvalue weighted by Crippen LogP contribution is 2.09.